The van der Waals surface area contributed by atoms with Crippen molar-refractivity contribution in [1.82, 2.24) is 9.97 Å². The van der Waals surface area contributed by atoms with E-state index in [0.717, 1.165) is 4.88 Å². The highest BCUT2D eigenvalue weighted by atomic mass is 32.1. The molecule has 0 saturated carbocycles. The Morgan fingerprint density at radius 1 is 1.00 bits per heavy atom. The number of thiophene rings is 1. The molecule has 0 radical (unpaired) electrons. The number of aromatic nitrogens is 2. The molecule has 0 aliphatic heterocycles. The molecule has 2 aromatic heterocycles. The SMILES string of the molecule is O=C(O)c1ccccc1C(=O)c1ccc(-c2cnccn2)s1. The monoisotopic (exact) mass is 310 g/mol. The number of rotatable bonds is 4. The number of nitrogens with zero attached hydrogens (tertiary/aromatic N) is 2. The van der Waals surface area contributed by atoms with Gasteiger partial charge in [0.15, 0.2) is 0 Å². The molecule has 0 aliphatic rings. The van der Waals surface area contributed by atoms with Crippen LogP contribution in [0.25, 0.3) is 10.6 Å². The molecule has 3 aromatic rings. The molecule has 0 amide bonds. The first kappa shape index (κ1) is 14.1. The average molecular weight is 310 g/mol. The predicted molar refractivity (Wildman–Crippen MR) is 82.2 cm³/mol. The lowest BCUT2D eigenvalue weighted by atomic mass is 10.0. The highest BCUT2D eigenvalue weighted by Crippen LogP contribution is 2.28. The van der Waals surface area contributed by atoms with Gasteiger partial charge in [0.25, 0.3) is 0 Å². The smallest absolute Gasteiger partial charge is 0.336 e. The summed E-state index contributed by atoms with van der Waals surface area (Å²) in [5.74, 6) is -1.42. The molecule has 0 saturated heterocycles. The zero-order valence-electron chi connectivity index (χ0n) is 11.3. The largest absolute Gasteiger partial charge is 0.478 e. The first-order valence-electron chi connectivity index (χ1n) is 6.40. The standard InChI is InChI=1S/C16H10N2O3S/c19-15(10-3-1-2-4-11(10)16(20)21)14-6-5-13(22-14)12-9-17-7-8-18-12/h1-9H,(H,20,21). The van der Waals surface area contributed by atoms with Gasteiger partial charge >= 0.3 is 5.97 Å². The molecule has 0 unspecified atom stereocenters. The first-order valence-corrected chi connectivity index (χ1v) is 7.21. The Morgan fingerprint density at radius 2 is 1.77 bits per heavy atom. The number of hydrogen-bond donors (Lipinski definition) is 1. The quantitative estimate of drug-likeness (QED) is 0.749. The summed E-state index contributed by atoms with van der Waals surface area (Å²) < 4.78 is 0. The minimum Gasteiger partial charge on any atom is -0.478 e. The van der Waals surface area contributed by atoms with Crippen molar-refractivity contribution >= 4 is 23.1 Å². The molecule has 108 valence electrons. The average Bonchev–Trinajstić information content (AvgIpc) is 3.05. The molecular formula is C16H10N2O3S. The summed E-state index contributed by atoms with van der Waals surface area (Å²) in [6.07, 6.45) is 4.77. The van der Waals surface area contributed by atoms with Crippen molar-refractivity contribution in [2.45, 2.75) is 0 Å². The molecule has 0 bridgehead atoms. The van der Waals surface area contributed by atoms with Crippen molar-refractivity contribution in [3.8, 4) is 10.6 Å². The maximum Gasteiger partial charge on any atom is 0.336 e. The second-order valence-electron chi connectivity index (χ2n) is 4.43. The molecule has 0 aliphatic carbocycles. The Hall–Kier alpha value is -2.86. The lowest BCUT2D eigenvalue weighted by molar-refractivity contribution is 0.0693. The highest BCUT2D eigenvalue weighted by molar-refractivity contribution is 7.17. The topological polar surface area (TPSA) is 80.1 Å². The summed E-state index contributed by atoms with van der Waals surface area (Å²) in [5, 5.41) is 9.18. The van der Waals surface area contributed by atoms with Gasteiger partial charge in [-0.1, -0.05) is 18.2 Å². The van der Waals surface area contributed by atoms with E-state index in [2.05, 4.69) is 9.97 Å². The molecule has 0 fully saturated rings. The third-order valence-electron chi connectivity index (χ3n) is 3.05. The Bertz CT molecular complexity index is 843. The number of benzene rings is 1. The molecule has 5 nitrogen and oxygen atoms in total. The molecule has 1 N–H and O–H groups in total. The van der Waals surface area contributed by atoms with Crippen molar-refractivity contribution in [3.63, 3.8) is 0 Å². The summed E-state index contributed by atoms with van der Waals surface area (Å²) in [6, 6.07) is 9.65. The van der Waals surface area contributed by atoms with Crippen LogP contribution in [0, 0.1) is 0 Å². The number of carbonyl (C=O) groups excluding carboxylic acids is 1. The van der Waals surface area contributed by atoms with Crippen molar-refractivity contribution in [3.05, 3.63) is 71.0 Å². The second-order valence-corrected chi connectivity index (χ2v) is 5.52. The summed E-state index contributed by atoms with van der Waals surface area (Å²) >= 11 is 1.26. The maximum absolute atomic E-state index is 12.5. The van der Waals surface area contributed by atoms with Crippen molar-refractivity contribution in [2.75, 3.05) is 0 Å². The van der Waals surface area contributed by atoms with Crippen LogP contribution in [0.3, 0.4) is 0 Å². The third kappa shape index (κ3) is 2.64. The van der Waals surface area contributed by atoms with E-state index in [1.54, 1.807) is 42.9 Å². The summed E-state index contributed by atoms with van der Waals surface area (Å²) in [4.78, 5) is 33.2. The fourth-order valence-electron chi connectivity index (χ4n) is 2.02. The fourth-order valence-corrected chi connectivity index (χ4v) is 2.95. The zero-order chi connectivity index (χ0) is 15.5. The molecule has 1 aromatic carbocycles. The van der Waals surface area contributed by atoms with Gasteiger partial charge in [-0.15, -0.1) is 11.3 Å². The van der Waals surface area contributed by atoms with E-state index in [4.69, 9.17) is 0 Å². The molecule has 3 rings (SSSR count). The molecule has 2 heterocycles. The van der Waals surface area contributed by atoms with Gasteiger partial charge < -0.3 is 5.11 Å². The van der Waals surface area contributed by atoms with Gasteiger partial charge in [0.2, 0.25) is 5.78 Å². The minimum atomic E-state index is -1.12. The maximum atomic E-state index is 12.5. The Balaban J connectivity index is 1.98. The second kappa shape index (κ2) is 5.87. The van der Waals surface area contributed by atoms with Crippen LogP contribution in [-0.2, 0) is 0 Å². The molecule has 0 atom stereocenters. The van der Waals surface area contributed by atoms with E-state index in [1.165, 1.54) is 23.5 Å². The third-order valence-corrected chi connectivity index (χ3v) is 4.15. The van der Waals surface area contributed by atoms with Crippen LogP contribution in [0.5, 0.6) is 0 Å². The Kier molecular flexibility index (Phi) is 3.76. The fraction of sp³-hybridized carbons (Fsp3) is 0. The van der Waals surface area contributed by atoms with Crippen molar-refractivity contribution in [2.24, 2.45) is 0 Å². The van der Waals surface area contributed by atoms with Crippen LogP contribution in [0.4, 0.5) is 0 Å². The van der Waals surface area contributed by atoms with Gasteiger partial charge in [-0.05, 0) is 18.2 Å². The van der Waals surface area contributed by atoms with Crippen molar-refractivity contribution < 1.29 is 14.7 Å². The summed E-state index contributed by atoms with van der Waals surface area (Å²) in [7, 11) is 0. The van der Waals surface area contributed by atoms with E-state index in [0.29, 0.717) is 10.6 Å². The number of carboxylic acid groups (broad SMARTS) is 1. The number of carboxylic acids is 1. The molecule has 0 spiro atoms. The first-order chi connectivity index (χ1) is 10.7. The van der Waals surface area contributed by atoms with E-state index in [1.807, 2.05) is 0 Å². The van der Waals surface area contributed by atoms with Gasteiger partial charge in [-0.3, -0.25) is 14.8 Å². The predicted octanol–water partition coefficient (Wildman–Crippen LogP) is 3.13. The highest BCUT2D eigenvalue weighted by Gasteiger charge is 2.19. The van der Waals surface area contributed by atoms with Gasteiger partial charge in [0.05, 0.1) is 27.2 Å². The lowest BCUT2D eigenvalue weighted by Crippen LogP contribution is -2.08. The number of ketones is 1. The molecule has 6 heteroatoms. The van der Waals surface area contributed by atoms with E-state index in [9.17, 15) is 14.7 Å². The van der Waals surface area contributed by atoms with Gasteiger partial charge in [0, 0.05) is 18.0 Å². The molecular weight excluding hydrogens is 300 g/mol. The number of aromatic carboxylic acids is 1. The van der Waals surface area contributed by atoms with Crippen LogP contribution >= 0.6 is 11.3 Å². The van der Waals surface area contributed by atoms with Gasteiger partial charge in [0.1, 0.15) is 0 Å². The van der Waals surface area contributed by atoms with Crippen LogP contribution < -0.4 is 0 Å². The zero-order valence-corrected chi connectivity index (χ0v) is 12.1. The number of carbonyl (C=O) groups is 2. The van der Waals surface area contributed by atoms with Crippen LogP contribution in [0.2, 0.25) is 0 Å². The lowest BCUT2D eigenvalue weighted by Gasteiger charge is -2.02. The van der Waals surface area contributed by atoms with E-state index < -0.39 is 5.97 Å². The Labute approximate surface area is 129 Å². The minimum absolute atomic E-state index is 0.00181. The van der Waals surface area contributed by atoms with E-state index in [-0.39, 0.29) is 16.9 Å². The van der Waals surface area contributed by atoms with Gasteiger partial charge in [-0.25, -0.2) is 4.79 Å². The Morgan fingerprint density at radius 3 is 2.45 bits per heavy atom. The van der Waals surface area contributed by atoms with Gasteiger partial charge in [-0.2, -0.15) is 0 Å². The van der Waals surface area contributed by atoms with Crippen LogP contribution in [0.15, 0.2) is 55.0 Å². The van der Waals surface area contributed by atoms with Crippen LogP contribution in [0.1, 0.15) is 25.6 Å². The summed E-state index contributed by atoms with van der Waals surface area (Å²) in [5.41, 5.74) is 0.863. The van der Waals surface area contributed by atoms with Crippen LogP contribution in [-0.4, -0.2) is 26.8 Å². The summed E-state index contributed by atoms with van der Waals surface area (Å²) in [6.45, 7) is 0. The number of hydrogen-bond acceptors (Lipinski definition) is 5. The normalized spacial score (nSPS) is 10.4. The van der Waals surface area contributed by atoms with Crippen molar-refractivity contribution in [1.29, 1.82) is 0 Å². The van der Waals surface area contributed by atoms with E-state index >= 15 is 0 Å². The molecule has 22 heavy (non-hydrogen) atoms.